The molecule has 1 fully saturated rings. The highest BCUT2D eigenvalue weighted by Crippen LogP contribution is 2.33. The van der Waals surface area contributed by atoms with Gasteiger partial charge in [0.2, 0.25) is 11.9 Å². The van der Waals surface area contributed by atoms with Gasteiger partial charge in [0.15, 0.2) is 0 Å². The van der Waals surface area contributed by atoms with E-state index in [9.17, 15) is 18.8 Å². The molecule has 2 aromatic heterocycles. The Hall–Kier alpha value is -5.06. The number of aromatic nitrogens is 3. The third-order valence-electron chi connectivity index (χ3n) is 7.49. The smallest absolute Gasteiger partial charge is 0.407 e. The monoisotopic (exact) mass is 584 g/mol. The molecule has 2 atom stereocenters. The number of imidazole rings is 1. The first kappa shape index (κ1) is 29.4. The fraction of sp³-hybridized carbons (Fsp3) is 0.281. The maximum absolute atomic E-state index is 13.4. The number of anilines is 1. The number of benzene rings is 2. The van der Waals surface area contributed by atoms with Gasteiger partial charge in [0.05, 0.1) is 24.4 Å². The first-order valence-electron chi connectivity index (χ1n) is 14.1. The summed E-state index contributed by atoms with van der Waals surface area (Å²) in [6.45, 7) is 4.36. The number of carbonyl (C=O) groups is 3. The molecule has 0 saturated carbocycles. The van der Waals surface area contributed by atoms with E-state index in [2.05, 4.69) is 20.6 Å². The molecule has 3 amide bonds. The van der Waals surface area contributed by atoms with Crippen molar-refractivity contribution >= 4 is 23.6 Å². The van der Waals surface area contributed by atoms with Crippen LogP contribution < -0.4 is 10.6 Å². The van der Waals surface area contributed by atoms with Crippen molar-refractivity contribution in [2.45, 2.75) is 38.8 Å². The second-order valence-electron chi connectivity index (χ2n) is 10.7. The quantitative estimate of drug-likeness (QED) is 0.232. The number of ether oxygens (including phenoxy) is 1. The van der Waals surface area contributed by atoms with E-state index in [-0.39, 0.29) is 29.3 Å². The molecule has 3 heterocycles. The topological polar surface area (TPSA) is 129 Å². The van der Waals surface area contributed by atoms with E-state index < -0.39 is 18.1 Å². The summed E-state index contributed by atoms with van der Waals surface area (Å²) in [5.41, 5.74) is 4.53. The Kier molecular flexibility index (Phi) is 8.79. The Morgan fingerprint density at radius 1 is 1.00 bits per heavy atom. The van der Waals surface area contributed by atoms with Crippen LogP contribution in [0, 0.1) is 11.9 Å². The zero-order chi connectivity index (χ0) is 30.5. The number of nitrogens with one attached hydrogen (secondary N) is 3. The molecular weight excluding hydrogens is 551 g/mol. The van der Waals surface area contributed by atoms with E-state index in [0.717, 1.165) is 41.3 Å². The summed E-state index contributed by atoms with van der Waals surface area (Å²) in [4.78, 5) is 51.0. The highest BCUT2D eigenvalue weighted by molar-refractivity contribution is 6.04. The third kappa shape index (κ3) is 6.72. The Labute approximate surface area is 248 Å². The van der Waals surface area contributed by atoms with Crippen LogP contribution in [0.3, 0.4) is 0 Å². The predicted octanol–water partition coefficient (Wildman–Crippen LogP) is 5.57. The summed E-state index contributed by atoms with van der Waals surface area (Å²) in [5.74, 6) is -0.556. The highest BCUT2D eigenvalue weighted by atomic mass is 19.1. The van der Waals surface area contributed by atoms with Crippen molar-refractivity contribution in [1.29, 1.82) is 0 Å². The first-order chi connectivity index (χ1) is 20.7. The standard InChI is InChI=1S/C32H33FN6O4/c1-19(2)28(38-32(42)43-3)31(41)39-16-4-5-26(39)29-35-18-25(37-29)22-8-6-20(7-9-22)21-10-13-24(14-11-21)36-30(40)23-12-15-27(33)34-17-23/h6-15,17-19,26,28H,4-5,16H2,1-3H3,(H,35,37)(H,36,40)(H,38,42)/t26-,28-/m0/s1. The molecular formula is C32H33FN6O4. The Morgan fingerprint density at radius 3 is 2.30 bits per heavy atom. The van der Waals surface area contributed by atoms with Gasteiger partial charge in [-0.3, -0.25) is 9.59 Å². The Bertz CT molecular complexity index is 1590. The summed E-state index contributed by atoms with van der Waals surface area (Å²) >= 11 is 0. The summed E-state index contributed by atoms with van der Waals surface area (Å²) in [6.07, 6.45) is 4.02. The van der Waals surface area contributed by atoms with Crippen LogP contribution in [0.4, 0.5) is 14.9 Å². The molecule has 5 rings (SSSR count). The van der Waals surface area contributed by atoms with Crippen molar-refractivity contribution in [2.24, 2.45) is 5.92 Å². The molecule has 11 heteroatoms. The fourth-order valence-electron chi connectivity index (χ4n) is 5.14. The van der Waals surface area contributed by atoms with E-state index in [1.807, 2.05) is 56.4 Å². The molecule has 1 aliphatic rings. The minimum atomic E-state index is -0.688. The summed E-state index contributed by atoms with van der Waals surface area (Å²) in [5, 5.41) is 5.45. The van der Waals surface area contributed by atoms with Gasteiger partial charge in [0, 0.05) is 30.2 Å². The number of carbonyl (C=O) groups excluding carboxylic acids is 3. The minimum absolute atomic E-state index is 0.104. The average molecular weight is 585 g/mol. The van der Waals surface area contributed by atoms with Crippen molar-refractivity contribution in [3.8, 4) is 22.4 Å². The van der Waals surface area contributed by atoms with Crippen molar-refractivity contribution < 1.29 is 23.5 Å². The molecule has 2 aromatic carbocycles. The Balaban J connectivity index is 1.25. The van der Waals surface area contributed by atoms with Crippen molar-refractivity contribution in [2.75, 3.05) is 19.0 Å². The molecule has 0 spiro atoms. The van der Waals surface area contributed by atoms with Crippen LogP contribution in [0.25, 0.3) is 22.4 Å². The van der Waals surface area contributed by atoms with Crippen LogP contribution in [0.2, 0.25) is 0 Å². The summed E-state index contributed by atoms with van der Waals surface area (Å²) in [7, 11) is 1.28. The number of halogens is 1. The fourth-order valence-corrected chi connectivity index (χ4v) is 5.14. The van der Waals surface area contributed by atoms with Gasteiger partial charge in [0.25, 0.3) is 5.91 Å². The van der Waals surface area contributed by atoms with Crippen LogP contribution >= 0.6 is 0 Å². The second kappa shape index (κ2) is 12.8. The summed E-state index contributed by atoms with van der Waals surface area (Å²) < 4.78 is 17.7. The first-order valence-corrected chi connectivity index (χ1v) is 14.1. The van der Waals surface area contributed by atoms with Gasteiger partial charge in [0.1, 0.15) is 11.9 Å². The lowest BCUT2D eigenvalue weighted by molar-refractivity contribution is -0.135. The SMILES string of the molecule is COC(=O)N[C@H](C(=O)N1CCC[C@H]1c1nc(-c2ccc(-c3ccc(NC(=O)c4ccc(F)nc4)cc3)cc2)c[nH]1)C(C)C. The number of aromatic amines is 1. The number of pyridine rings is 1. The largest absolute Gasteiger partial charge is 0.453 e. The molecule has 3 N–H and O–H groups in total. The number of likely N-dealkylation sites (tertiary alicyclic amines) is 1. The molecule has 10 nitrogen and oxygen atoms in total. The average Bonchev–Trinajstić information content (AvgIpc) is 3.70. The molecule has 4 aromatic rings. The van der Waals surface area contributed by atoms with Crippen molar-refractivity contribution in [3.05, 3.63) is 90.4 Å². The lowest BCUT2D eigenvalue weighted by atomic mass is 10.0. The lowest BCUT2D eigenvalue weighted by Gasteiger charge is -2.29. The van der Waals surface area contributed by atoms with E-state index in [1.54, 1.807) is 17.0 Å². The third-order valence-corrected chi connectivity index (χ3v) is 7.49. The second-order valence-corrected chi connectivity index (χ2v) is 10.7. The number of hydrogen-bond donors (Lipinski definition) is 3. The van der Waals surface area contributed by atoms with Gasteiger partial charge in [-0.25, -0.2) is 14.8 Å². The molecule has 0 unspecified atom stereocenters. The van der Waals surface area contributed by atoms with Gasteiger partial charge in [-0.2, -0.15) is 4.39 Å². The van der Waals surface area contributed by atoms with E-state index in [1.165, 1.54) is 19.4 Å². The van der Waals surface area contributed by atoms with E-state index in [0.29, 0.717) is 18.1 Å². The number of amides is 3. The van der Waals surface area contributed by atoms with Crippen LogP contribution in [0.15, 0.2) is 73.1 Å². The molecule has 222 valence electrons. The van der Waals surface area contributed by atoms with E-state index >= 15 is 0 Å². The molecule has 43 heavy (non-hydrogen) atoms. The number of rotatable bonds is 8. The van der Waals surface area contributed by atoms with Crippen molar-refractivity contribution in [3.63, 3.8) is 0 Å². The summed E-state index contributed by atoms with van der Waals surface area (Å²) in [6, 6.07) is 17.0. The normalized spacial score (nSPS) is 15.3. The number of alkyl carbamates (subject to hydrolysis) is 1. The Morgan fingerprint density at radius 2 is 1.67 bits per heavy atom. The van der Waals surface area contributed by atoms with Crippen molar-refractivity contribution in [1.82, 2.24) is 25.2 Å². The van der Waals surface area contributed by atoms with Gasteiger partial charge in [-0.05, 0) is 54.2 Å². The van der Waals surface area contributed by atoms with Crippen LogP contribution in [0.1, 0.15) is 48.9 Å². The zero-order valence-electron chi connectivity index (χ0n) is 24.1. The minimum Gasteiger partial charge on any atom is -0.453 e. The highest BCUT2D eigenvalue weighted by Gasteiger charge is 2.37. The number of hydrogen-bond acceptors (Lipinski definition) is 6. The van der Waals surface area contributed by atoms with Crippen LogP contribution in [0.5, 0.6) is 0 Å². The molecule has 0 aliphatic carbocycles. The molecule has 1 saturated heterocycles. The number of nitrogens with zero attached hydrogens (tertiary/aromatic N) is 3. The number of H-pyrrole nitrogens is 1. The zero-order valence-corrected chi connectivity index (χ0v) is 24.1. The van der Waals surface area contributed by atoms with Gasteiger partial charge in [-0.1, -0.05) is 50.2 Å². The number of methoxy groups -OCH3 is 1. The van der Waals surface area contributed by atoms with Gasteiger partial charge in [-0.15, -0.1) is 0 Å². The van der Waals surface area contributed by atoms with Crippen LogP contribution in [-0.4, -0.2) is 57.5 Å². The maximum atomic E-state index is 13.4. The van der Waals surface area contributed by atoms with Crippen LogP contribution in [-0.2, 0) is 9.53 Å². The lowest BCUT2D eigenvalue weighted by Crippen LogP contribution is -2.51. The van der Waals surface area contributed by atoms with E-state index in [4.69, 9.17) is 9.72 Å². The predicted molar refractivity (Wildman–Crippen MR) is 159 cm³/mol. The maximum Gasteiger partial charge on any atom is 0.407 e. The molecule has 1 aliphatic heterocycles. The molecule has 0 radical (unpaired) electrons. The van der Waals surface area contributed by atoms with Gasteiger partial charge < -0.3 is 25.3 Å². The van der Waals surface area contributed by atoms with Gasteiger partial charge >= 0.3 is 6.09 Å². The molecule has 0 bridgehead atoms.